The summed E-state index contributed by atoms with van der Waals surface area (Å²) in [6.45, 7) is 6.06. The summed E-state index contributed by atoms with van der Waals surface area (Å²) in [6, 6.07) is 11.2. The molecule has 0 aliphatic carbocycles. The first-order valence-electron chi connectivity index (χ1n) is 7.41. The molecule has 1 aromatic carbocycles. The molecule has 2 rings (SSSR count). The third-order valence-corrected chi connectivity index (χ3v) is 4.07. The highest BCUT2D eigenvalue weighted by molar-refractivity contribution is 5.69. The fraction of sp³-hybridized carbons (Fsp3) is 0.562. The highest BCUT2D eigenvalue weighted by Gasteiger charge is 2.23. The van der Waals surface area contributed by atoms with Gasteiger partial charge in [0, 0.05) is 32.2 Å². The van der Waals surface area contributed by atoms with E-state index in [4.69, 9.17) is 5.11 Å². The number of hydrogen-bond donors (Lipinski definition) is 1. The maximum Gasteiger partial charge on any atom is 0.317 e. The Hall–Kier alpha value is -1.39. The molecule has 1 aliphatic rings. The molecule has 1 unspecified atom stereocenters. The average molecular weight is 276 g/mol. The minimum absolute atomic E-state index is 0.170. The standard InChI is InChI=1S/C16H24N2O2/c1-2-15(12-14-6-4-3-5-7-14)18-10-8-17(9-11-18)13-16(19)20/h3-7,15H,2,8-13H2,1H3,(H,19,20). The maximum absolute atomic E-state index is 10.7. The number of aliphatic carboxylic acids is 1. The third-order valence-electron chi connectivity index (χ3n) is 4.07. The van der Waals surface area contributed by atoms with Gasteiger partial charge in [-0.25, -0.2) is 0 Å². The molecule has 1 fully saturated rings. The Balaban J connectivity index is 1.85. The molecule has 0 amide bonds. The number of hydrogen-bond acceptors (Lipinski definition) is 3. The Kier molecular flexibility index (Phi) is 5.56. The number of rotatable bonds is 6. The van der Waals surface area contributed by atoms with Crippen LogP contribution >= 0.6 is 0 Å². The van der Waals surface area contributed by atoms with Crippen LogP contribution in [0.4, 0.5) is 0 Å². The molecule has 1 aliphatic heterocycles. The Morgan fingerprint density at radius 1 is 1.20 bits per heavy atom. The second-order valence-corrected chi connectivity index (χ2v) is 5.46. The van der Waals surface area contributed by atoms with Crippen molar-refractivity contribution in [2.75, 3.05) is 32.7 Å². The van der Waals surface area contributed by atoms with E-state index in [1.54, 1.807) is 0 Å². The van der Waals surface area contributed by atoms with E-state index in [9.17, 15) is 4.79 Å². The van der Waals surface area contributed by atoms with E-state index in [1.807, 2.05) is 4.90 Å². The Bertz CT molecular complexity index is 414. The molecular formula is C16H24N2O2. The quantitative estimate of drug-likeness (QED) is 0.859. The monoisotopic (exact) mass is 276 g/mol. The molecule has 1 heterocycles. The molecule has 1 N–H and O–H groups in total. The van der Waals surface area contributed by atoms with Crippen molar-refractivity contribution in [3.63, 3.8) is 0 Å². The van der Waals surface area contributed by atoms with Crippen LogP contribution in [-0.4, -0.2) is 59.6 Å². The predicted octanol–water partition coefficient (Wildman–Crippen LogP) is 1.71. The summed E-state index contributed by atoms with van der Waals surface area (Å²) >= 11 is 0. The first-order valence-corrected chi connectivity index (χ1v) is 7.41. The third kappa shape index (κ3) is 4.32. The number of nitrogens with zero attached hydrogens (tertiary/aromatic N) is 2. The number of carboxylic acids is 1. The largest absolute Gasteiger partial charge is 0.480 e. The molecular weight excluding hydrogens is 252 g/mol. The van der Waals surface area contributed by atoms with Gasteiger partial charge in [-0.05, 0) is 18.4 Å². The van der Waals surface area contributed by atoms with Crippen molar-refractivity contribution in [3.05, 3.63) is 35.9 Å². The summed E-state index contributed by atoms with van der Waals surface area (Å²) < 4.78 is 0. The van der Waals surface area contributed by atoms with Crippen LogP contribution in [-0.2, 0) is 11.2 Å². The van der Waals surface area contributed by atoms with Gasteiger partial charge in [0.15, 0.2) is 0 Å². The van der Waals surface area contributed by atoms with Crippen LogP contribution in [0.2, 0.25) is 0 Å². The van der Waals surface area contributed by atoms with Crippen LogP contribution in [0.3, 0.4) is 0 Å². The lowest BCUT2D eigenvalue weighted by atomic mass is 10.0. The van der Waals surface area contributed by atoms with E-state index in [0.29, 0.717) is 6.04 Å². The van der Waals surface area contributed by atoms with Crippen molar-refractivity contribution in [2.24, 2.45) is 0 Å². The van der Waals surface area contributed by atoms with Crippen LogP contribution in [0.25, 0.3) is 0 Å². The van der Waals surface area contributed by atoms with Crippen molar-refractivity contribution >= 4 is 5.97 Å². The normalized spacial score (nSPS) is 18.9. The van der Waals surface area contributed by atoms with Crippen molar-refractivity contribution in [3.8, 4) is 0 Å². The predicted molar refractivity (Wildman–Crippen MR) is 79.9 cm³/mol. The molecule has 4 heteroatoms. The molecule has 1 saturated heterocycles. The van der Waals surface area contributed by atoms with E-state index in [1.165, 1.54) is 5.56 Å². The van der Waals surface area contributed by atoms with E-state index in [2.05, 4.69) is 42.2 Å². The van der Waals surface area contributed by atoms with E-state index in [0.717, 1.165) is 39.0 Å². The zero-order valence-electron chi connectivity index (χ0n) is 12.2. The molecule has 0 bridgehead atoms. The topological polar surface area (TPSA) is 43.8 Å². The van der Waals surface area contributed by atoms with E-state index in [-0.39, 0.29) is 6.54 Å². The minimum Gasteiger partial charge on any atom is -0.480 e. The number of piperazine rings is 1. The van der Waals surface area contributed by atoms with Gasteiger partial charge in [0.2, 0.25) is 0 Å². The lowest BCUT2D eigenvalue weighted by Gasteiger charge is -2.38. The molecule has 1 aromatic rings. The van der Waals surface area contributed by atoms with E-state index >= 15 is 0 Å². The van der Waals surface area contributed by atoms with Gasteiger partial charge in [0.05, 0.1) is 6.54 Å². The average Bonchev–Trinajstić information content (AvgIpc) is 2.46. The van der Waals surface area contributed by atoms with Crippen molar-refractivity contribution < 1.29 is 9.90 Å². The molecule has 0 spiro atoms. The summed E-state index contributed by atoms with van der Waals surface area (Å²) in [5, 5.41) is 8.83. The lowest BCUT2D eigenvalue weighted by Crippen LogP contribution is -2.51. The Morgan fingerprint density at radius 2 is 1.85 bits per heavy atom. The first-order chi connectivity index (χ1) is 9.69. The van der Waals surface area contributed by atoms with Crippen molar-refractivity contribution in [2.45, 2.75) is 25.8 Å². The fourth-order valence-electron chi connectivity index (χ4n) is 2.90. The highest BCUT2D eigenvalue weighted by Crippen LogP contribution is 2.14. The van der Waals surface area contributed by atoms with Gasteiger partial charge in [0.1, 0.15) is 0 Å². The SMILES string of the molecule is CCC(Cc1ccccc1)N1CCN(CC(=O)O)CC1. The summed E-state index contributed by atoms with van der Waals surface area (Å²) in [5.41, 5.74) is 1.38. The maximum atomic E-state index is 10.7. The van der Waals surface area contributed by atoms with Gasteiger partial charge in [-0.15, -0.1) is 0 Å². The molecule has 0 radical (unpaired) electrons. The Morgan fingerprint density at radius 3 is 2.40 bits per heavy atom. The molecule has 0 saturated carbocycles. The summed E-state index contributed by atoms with van der Waals surface area (Å²) in [7, 11) is 0. The molecule has 110 valence electrons. The number of carbonyl (C=O) groups is 1. The van der Waals surface area contributed by atoms with Crippen molar-refractivity contribution in [1.82, 2.24) is 9.80 Å². The van der Waals surface area contributed by atoms with Gasteiger partial charge in [-0.3, -0.25) is 14.6 Å². The van der Waals surface area contributed by atoms with Crippen LogP contribution < -0.4 is 0 Å². The molecule has 20 heavy (non-hydrogen) atoms. The van der Waals surface area contributed by atoms with Crippen LogP contribution in [0.15, 0.2) is 30.3 Å². The van der Waals surface area contributed by atoms with Crippen LogP contribution in [0.5, 0.6) is 0 Å². The molecule has 0 aromatic heterocycles. The zero-order chi connectivity index (χ0) is 14.4. The first kappa shape index (κ1) is 15.0. The molecule has 1 atom stereocenters. The fourth-order valence-corrected chi connectivity index (χ4v) is 2.90. The van der Waals surface area contributed by atoms with Gasteiger partial charge in [-0.2, -0.15) is 0 Å². The second-order valence-electron chi connectivity index (χ2n) is 5.46. The number of benzene rings is 1. The smallest absolute Gasteiger partial charge is 0.317 e. The van der Waals surface area contributed by atoms with E-state index < -0.39 is 5.97 Å². The second kappa shape index (κ2) is 7.41. The highest BCUT2D eigenvalue weighted by atomic mass is 16.4. The van der Waals surface area contributed by atoms with Crippen molar-refractivity contribution in [1.29, 1.82) is 0 Å². The Labute approximate surface area is 121 Å². The van der Waals surface area contributed by atoms with Crippen LogP contribution in [0, 0.1) is 0 Å². The summed E-state index contributed by atoms with van der Waals surface area (Å²) in [4.78, 5) is 15.3. The lowest BCUT2D eigenvalue weighted by molar-refractivity contribution is -0.138. The molecule has 4 nitrogen and oxygen atoms in total. The summed E-state index contributed by atoms with van der Waals surface area (Å²) in [6.07, 6.45) is 2.21. The van der Waals surface area contributed by atoms with Gasteiger partial charge >= 0.3 is 5.97 Å². The minimum atomic E-state index is -0.727. The van der Waals surface area contributed by atoms with Gasteiger partial charge in [0.25, 0.3) is 0 Å². The zero-order valence-corrected chi connectivity index (χ0v) is 12.2. The number of carboxylic acid groups (broad SMARTS) is 1. The van der Waals surface area contributed by atoms with Gasteiger partial charge < -0.3 is 5.11 Å². The van der Waals surface area contributed by atoms with Crippen LogP contribution in [0.1, 0.15) is 18.9 Å². The van der Waals surface area contributed by atoms with Gasteiger partial charge in [-0.1, -0.05) is 37.3 Å². The summed E-state index contributed by atoms with van der Waals surface area (Å²) in [5.74, 6) is -0.727.